The molecule has 0 bridgehead atoms. The van der Waals surface area contributed by atoms with Gasteiger partial charge in [-0.25, -0.2) is 0 Å². The number of carboxylic acids is 1. The van der Waals surface area contributed by atoms with Crippen molar-refractivity contribution in [1.82, 2.24) is 0 Å². The van der Waals surface area contributed by atoms with Gasteiger partial charge in [0.15, 0.2) is 5.78 Å². The largest absolute Gasteiger partial charge is 0.481 e. The van der Waals surface area contributed by atoms with Crippen LogP contribution in [0, 0.1) is 11.8 Å². The van der Waals surface area contributed by atoms with Crippen LogP contribution in [0.2, 0.25) is 0 Å². The molecule has 0 fully saturated rings. The number of ketones is 1. The van der Waals surface area contributed by atoms with Gasteiger partial charge in [0.1, 0.15) is 5.60 Å². The lowest BCUT2D eigenvalue weighted by atomic mass is 9.90. The second-order valence-corrected chi connectivity index (χ2v) is 8.72. The number of aliphatic carboxylic acids is 1. The standard InChI is InChI=1S/C24H36O6/c1-24(2,3)30-23(29)13-9-8-10-19(25)16-14-18-15-17-21(26)20(18)11-6-4-5-7-12-22(27)28/h4,6,14-20,25H,5,7-13H2,1-3H3,(H,27,28)/b6-4-,16-14+/t18-,19?,20+/m0/s1. The molecule has 0 aromatic carbocycles. The number of hydrogen-bond acceptors (Lipinski definition) is 5. The van der Waals surface area contributed by atoms with Crippen molar-refractivity contribution in [2.45, 2.75) is 83.8 Å². The number of aliphatic hydroxyl groups is 1. The summed E-state index contributed by atoms with van der Waals surface area (Å²) in [5.41, 5.74) is -0.476. The van der Waals surface area contributed by atoms with E-state index in [1.54, 1.807) is 12.2 Å². The highest BCUT2D eigenvalue weighted by Crippen LogP contribution is 2.27. The minimum absolute atomic E-state index is 0.0439. The quantitative estimate of drug-likeness (QED) is 0.260. The minimum atomic E-state index is -0.799. The molecule has 1 rings (SSSR count). The molecule has 0 amide bonds. The van der Waals surface area contributed by atoms with Gasteiger partial charge in [-0.3, -0.25) is 14.4 Å². The van der Waals surface area contributed by atoms with Crippen LogP contribution in [-0.2, 0) is 19.1 Å². The molecule has 0 aromatic rings. The third kappa shape index (κ3) is 11.7. The van der Waals surface area contributed by atoms with Gasteiger partial charge in [-0.05, 0) is 65.4 Å². The van der Waals surface area contributed by atoms with Crippen LogP contribution in [0.25, 0.3) is 0 Å². The summed E-state index contributed by atoms with van der Waals surface area (Å²) in [6, 6.07) is 0. The van der Waals surface area contributed by atoms with Crippen molar-refractivity contribution >= 4 is 17.7 Å². The molecule has 0 saturated carbocycles. The number of carbonyl (C=O) groups excluding carboxylic acids is 2. The Morgan fingerprint density at radius 1 is 1.17 bits per heavy atom. The molecule has 0 aromatic heterocycles. The van der Waals surface area contributed by atoms with E-state index in [-0.39, 0.29) is 30.0 Å². The monoisotopic (exact) mass is 420 g/mol. The van der Waals surface area contributed by atoms with Gasteiger partial charge in [-0.1, -0.05) is 30.4 Å². The Hall–Kier alpha value is -2.21. The second kappa shape index (κ2) is 13.2. The van der Waals surface area contributed by atoms with Crippen LogP contribution in [0.3, 0.4) is 0 Å². The lowest BCUT2D eigenvalue weighted by Crippen LogP contribution is -2.23. The number of carboxylic acid groups (broad SMARTS) is 1. The fourth-order valence-electron chi connectivity index (χ4n) is 3.22. The maximum atomic E-state index is 12.1. The van der Waals surface area contributed by atoms with Crippen LogP contribution >= 0.6 is 0 Å². The van der Waals surface area contributed by atoms with Crippen molar-refractivity contribution in [1.29, 1.82) is 0 Å². The number of unbranched alkanes of at least 4 members (excludes halogenated alkanes) is 2. The Kier molecular flexibility index (Phi) is 11.3. The number of carbonyl (C=O) groups is 3. The molecule has 6 heteroatoms. The average Bonchev–Trinajstić information content (AvgIpc) is 2.98. The molecular formula is C24H36O6. The molecule has 168 valence electrons. The Bertz CT molecular complexity index is 653. The van der Waals surface area contributed by atoms with Crippen LogP contribution in [0.5, 0.6) is 0 Å². The van der Waals surface area contributed by atoms with Crippen molar-refractivity contribution < 1.29 is 29.3 Å². The molecule has 30 heavy (non-hydrogen) atoms. The Balaban J connectivity index is 2.32. The van der Waals surface area contributed by atoms with Crippen molar-refractivity contribution in [3.8, 4) is 0 Å². The highest BCUT2D eigenvalue weighted by atomic mass is 16.6. The first kappa shape index (κ1) is 25.8. The van der Waals surface area contributed by atoms with Gasteiger partial charge >= 0.3 is 11.9 Å². The third-order valence-electron chi connectivity index (χ3n) is 4.74. The van der Waals surface area contributed by atoms with Gasteiger partial charge in [-0.2, -0.15) is 0 Å². The summed E-state index contributed by atoms with van der Waals surface area (Å²) in [5, 5.41) is 18.8. The average molecular weight is 421 g/mol. The Morgan fingerprint density at radius 2 is 1.90 bits per heavy atom. The van der Waals surface area contributed by atoms with Gasteiger partial charge < -0.3 is 14.9 Å². The van der Waals surface area contributed by atoms with E-state index >= 15 is 0 Å². The van der Waals surface area contributed by atoms with E-state index in [9.17, 15) is 19.5 Å². The first-order chi connectivity index (χ1) is 14.1. The lowest BCUT2D eigenvalue weighted by molar-refractivity contribution is -0.155. The van der Waals surface area contributed by atoms with Crippen molar-refractivity contribution in [2.24, 2.45) is 11.8 Å². The molecule has 2 N–H and O–H groups in total. The summed E-state index contributed by atoms with van der Waals surface area (Å²) >= 11 is 0. The number of esters is 1. The van der Waals surface area contributed by atoms with E-state index in [0.29, 0.717) is 44.9 Å². The predicted octanol–water partition coefficient (Wildman–Crippen LogP) is 4.38. The SMILES string of the molecule is CC(C)(C)OC(=O)CCCCC(O)/C=C/[C@H]1C=CC(=O)[C@@H]1C/C=C\CCCC(=O)O. The fourth-order valence-corrected chi connectivity index (χ4v) is 3.22. The van der Waals surface area contributed by atoms with Crippen LogP contribution in [-0.4, -0.2) is 39.6 Å². The van der Waals surface area contributed by atoms with E-state index in [4.69, 9.17) is 9.84 Å². The van der Waals surface area contributed by atoms with E-state index in [1.807, 2.05) is 45.1 Å². The zero-order valence-electron chi connectivity index (χ0n) is 18.4. The second-order valence-electron chi connectivity index (χ2n) is 8.72. The van der Waals surface area contributed by atoms with Gasteiger partial charge in [0, 0.05) is 24.7 Å². The first-order valence-corrected chi connectivity index (χ1v) is 10.8. The first-order valence-electron chi connectivity index (χ1n) is 10.8. The maximum Gasteiger partial charge on any atom is 0.306 e. The molecule has 0 spiro atoms. The number of rotatable bonds is 13. The highest BCUT2D eigenvalue weighted by Gasteiger charge is 2.27. The van der Waals surface area contributed by atoms with Crippen LogP contribution in [0.1, 0.15) is 72.1 Å². The zero-order valence-corrected chi connectivity index (χ0v) is 18.4. The van der Waals surface area contributed by atoms with E-state index in [2.05, 4.69) is 0 Å². The van der Waals surface area contributed by atoms with Gasteiger partial charge in [0.05, 0.1) is 6.10 Å². The number of allylic oxidation sites excluding steroid dienone is 5. The number of aliphatic hydroxyl groups excluding tert-OH is 1. The molecule has 1 unspecified atom stereocenters. The minimum Gasteiger partial charge on any atom is -0.481 e. The van der Waals surface area contributed by atoms with Crippen molar-refractivity contribution in [3.63, 3.8) is 0 Å². The highest BCUT2D eigenvalue weighted by molar-refractivity contribution is 5.95. The smallest absolute Gasteiger partial charge is 0.306 e. The molecule has 0 heterocycles. The molecule has 0 radical (unpaired) electrons. The van der Waals surface area contributed by atoms with Crippen LogP contribution in [0.4, 0.5) is 0 Å². The van der Waals surface area contributed by atoms with Crippen LogP contribution in [0.15, 0.2) is 36.5 Å². The third-order valence-corrected chi connectivity index (χ3v) is 4.74. The van der Waals surface area contributed by atoms with E-state index in [1.165, 1.54) is 0 Å². The topological polar surface area (TPSA) is 101 Å². The molecule has 3 atom stereocenters. The number of hydrogen-bond donors (Lipinski definition) is 2. The summed E-state index contributed by atoms with van der Waals surface area (Å²) in [7, 11) is 0. The van der Waals surface area contributed by atoms with Crippen LogP contribution < -0.4 is 0 Å². The number of ether oxygens (including phenoxy) is 1. The fraction of sp³-hybridized carbons (Fsp3) is 0.625. The molecule has 6 nitrogen and oxygen atoms in total. The van der Waals surface area contributed by atoms with Gasteiger partial charge in [-0.15, -0.1) is 0 Å². The summed E-state index contributed by atoms with van der Waals surface area (Å²) in [6.07, 6.45) is 14.6. The summed E-state index contributed by atoms with van der Waals surface area (Å²) in [4.78, 5) is 34.2. The Labute approximate surface area is 179 Å². The molecule has 0 saturated heterocycles. The van der Waals surface area contributed by atoms with Gasteiger partial charge in [0.2, 0.25) is 0 Å². The summed E-state index contributed by atoms with van der Waals surface area (Å²) in [6.45, 7) is 5.51. The molecular weight excluding hydrogens is 384 g/mol. The van der Waals surface area contributed by atoms with Crippen molar-refractivity contribution in [2.75, 3.05) is 0 Å². The predicted molar refractivity (Wildman–Crippen MR) is 116 cm³/mol. The molecule has 0 aliphatic heterocycles. The van der Waals surface area contributed by atoms with Gasteiger partial charge in [0.25, 0.3) is 0 Å². The zero-order chi connectivity index (χ0) is 22.6. The maximum absolute atomic E-state index is 12.1. The normalized spacial score (nSPS) is 20.3. The molecule has 1 aliphatic rings. The molecule has 1 aliphatic carbocycles. The van der Waals surface area contributed by atoms with E-state index in [0.717, 1.165) is 0 Å². The van der Waals surface area contributed by atoms with E-state index < -0.39 is 17.7 Å². The Morgan fingerprint density at radius 3 is 2.57 bits per heavy atom. The van der Waals surface area contributed by atoms with Crippen molar-refractivity contribution in [3.05, 3.63) is 36.5 Å². The lowest BCUT2D eigenvalue weighted by Gasteiger charge is -2.19. The summed E-state index contributed by atoms with van der Waals surface area (Å²) < 4.78 is 5.26. The summed E-state index contributed by atoms with van der Waals surface area (Å²) in [5.74, 6) is -1.16.